The molecule has 0 unspecified atom stereocenters. The molecule has 0 atom stereocenters. The fourth-order valence-corrected chi connectivity index (χ4v) is 4.26. The van der Waals surface area contributed by atoms with Crippen molar-refractivity contribution in [3.8, 4) is 23.0 Å². The Labute approximate surface area is 253 Å². The number of nitrogens with zero attached hydrogens (tertiary/aromatic N) is 1. The minimum atomic E-state index is -0.895. The summed E-state index contributed by atoms with van der Waals surface area (Å²) in [5.41, 5.74) is 0.781. The van der Waals surface area contributed by atoms with Crippen LogP contribution in [-0.4, -0.2) is 50.7 Å². The van der Waals surface area contributed by atoms with Gasteiger partial charge in [-0.05, 0) is 61.4 Å². The molecule has 0 aliphatic carbocycles. The standard InChI is InChI=1S/C31H30ClN3O8/c1-4-14-42-25-13-11-20(17-27(25)41-5-2)35-30(38)21(29(37)34-31(35)39)15-19-10-12-24(26(16-19)40-3)43-18-28(36)33-23-9-7-6-8-22(23)32/h6-13,15-17H,4-5,14,18H2,1-3H3,(H,33,36)(H,34,37,39)/b21-15+. The number of hydrogen-bond donors (Lipinski definition) is 2. The number of nitrogens with one attached hydrogen (secondary N) is 2. The Kier molecular flexibility index (Phi) is 10.2. The lowest BCUT2D eigenvalue weighted by atomic mass is 10.1. The molecule has 4 rings (SSSR count). The molecule has 2 N–H and O–H groups in total. The number of rotatable bonds is 12. The van der Waals surface area contributed by atoms with E-state index >= 15 is 0 Å². The van der Waals surface area contributed by atoms with Crippen LogP contribution in [0.5, 0.6) is 23.0 Å². The van der Waals surface area contributed by atoms with Crippen molar-refractivity contribution >= 4 is 52.8 Å². The minimum absolute atomic E-state index is 0.199. The summed E-state index contributed by atoms with van der Waals surface area (Å²) in [5, 5.41) is 5.25. The van der Waals surface area contributed by atoms with E-state index in [1.165, 1.54) is 37.5 Å². The molecule has 1 aliphatic heterocycles. The number of benzene rings is 3. The van der Waals surface area contributed by atoms with Crippen LogP contribution in [0.4, 0.5) is 16.2 Å². The zero-order valence-corrected chi connectivity index (χ0v) is 24.5. The molecule has 3 aromatic rings. The average Bonchev–Trinajstić information content (AvgIpc) is 2.99. The third kappa shape index (κ3) is 7.44. The summed E-state index contributed by atoms with van der Waals surface area (Å²) in [6.07, 6.45) is 2.11. The summed E-state index contributed by atoms with van der Waals surface area (Å²) in [7, 11) is 1.41. The van der Waals surface area contributed by atoms with Gasteiger partial charge in [0.1, 0.15) is 5.57 Å². The highest BCUT2D eigenvalue weighted by atomic mass is 35.5. The molecule has 1 saturated heterocycles. The van der Waals surface area contributed by atoms with Crippen molar-refractivity contribution in [3.05, 3.63) is 76.8 Å². The second kappa shape index (κ2) is 14.2. The summed E-state index contributed by atoms with van der Waals surface area (Å²) in [4.78, 5) is 52.1. The monoisotopic (exact) mass is 607 g/mol. The predicted molar refractivity (Wildman–Crippen MR) is 161 cm³/mol. The first-order valence-electron chi connectivity index (χ1n) is 13.4. The van der Waals surface area contributed by atoms with Crippen molar-refractivity contribution in [3.63, 3.8) is 0 Å². The van der Waals surface area contributed by atoms with Gasteiger partial charge in [-0.25, -0.2) is 9.69 Å². The van der Waals surface area contributed by atoms with Crippen molar-refractivity contribution in [2.24, 2.45) is 0 Å². The Morgan fingerprint density at radius 1 is 0.930 bits per heavy atom. The smallest absolute Gasteiger partial charge is 0.335 e. The van der Waals surface area contributed by atoms with Gasteiger partial charge < -0.3 is 24.3 Å². The van der Waals surface area contributed by atoms with E-state index in [0.29, 0.717) is 41.0 Å². The van der Waals surface area contributed by atoms with Crippen molar-refractivity contribution in [2.75, 3.05) is 37.1 Å². The van der Waals surface area contributed by atoms with Crippen LogP contribution in [-0.2, 0) is 14.4 Å². The van der Waals surface area contributed by atoms with Gasteiger partial charge in [0.2, 0.25) is 0 Å². The molecule has 5 amide bonds. The second-order valence-electron chi connectivity index (χ2n) is 9.10. The Balaban J connectivity index is 1.54. The SMILES string of the molecule is CCCOc1ccc(N2C(=O)NC(=O)/C(=C\c3ccc(OCC(=O)Nc4ccccc4Cl)c(OC)c3)C2=O)cc1OCC. The molecular weight excluding hydrogens is 578 g/mol. The quantitative estimate of drug-likeness (QED) is 0.212. The van der Waals surface area contributed by atoms with Gasteiger partial charge in [-0.3, -0.25) is 19.7 Å². The maximum Gasteiger partial charge on any atom is 0.335 e. The molecule has 43 heavy (non-hydrogen) atoms. The van der Waals surface area contributed by atoms with E-state index in [0.717, 1.165) is 11.3 Å². The Hall–Kier alpha value is -5.03. The van der Waals surface area contributed by atoms with Crippen LogP contribution in [0.3, 0.4) is 0 Å². The second-order valence-corrected chi connectivity index (χ2v) is 9.50. The van der Waals surface area contributed by atoms with E-state index in [2.05, 4.69) is 10.6 Å². The fraction of sp³-hybridized carbons (Fsp3) is 0.226. The van der Waals surface area contributed by atoms with Gasteiger partial charge in [-0.15, -0.1) is 0 Å². The third-order valence-corrected chi connectivity index (χ3v) is 6.38. The number of amides is 5. The number of carbonyl (C=O) groups is 4. The van der Waals surface area contributed by atoms with Gasteiger partial charge in [0.05, 0.1) is 36.7 Å². The van der Waals surface area contributed by atoms with Gasteiger partial charge in [-0.1, -0.05) is 36.7 Å². The van der Waals surface area contributed by atoms with E-state index < -0.39 is 23.8 Å². The van der Waals surface area contributed by atoms with Crippen LogP contribution in [0.15, 0.2) is 66.2 Å². The first kappa shape index (κ1) is 30.9. The van der Waals surface area contributed by atoms with E-state index in [4.69, 9.17) is 30.5 Å². The number of para-hydroxylation sites is 1. The van der Waals surface area contributed by atoms with Gasteiger partial charge in [-0.2, -0.15) is 0 Å². The first-order chi connectivity index (χ1) is 20.7. The lowest BCUT2D eigenvalue weighted by Gasteiger charge is -2.27. The molecular formula is C31H30ClN3O8. The van der Waals surface area contributed by atoms with E-state index in [-0.39, 0.29) is 29.4 Å². The minimum Gasteiger partial charge on any atom is -0.493 e. The summed E-state index contributed by atoms with van der Waals surface area (Å²) in [6, 6.07) is 15.2. The molecule has 12 heteroatoms. The van der Waals surface area contributed by atoms with Crippen LogP contribution in [0.25, 0.3) is 6.08 Å². The van der Waals surface area contributed by atoms with Crippen LogP contribution < -0.4 is 34.5 Å². The van der Waals surface area contributed by atoms with Crippen molar-refractivity contribution in [2.45, 2.75) is 20.3 Å². The molecule has 3 aromatic carbocycles. The number of barbiturate groups is 1. The molecule has 11 nitrogen and oxygen atoms in total. The topological polar surface area (TPSA) is 132 Å². The molecule has 0 aromatic heterocycles. The Bertz CT molecular complexity index is 1570. The molecule has 0 saturated carbocycles. The van der Waals surface area contributed by atoms with Crippen LogP contribution in [0.1, 0.15) is 25.8 Å². The van der Waals surface area contributed by atoms with E-state index in [1.807, 2.05) is 6.92 Å². The molecule has 0 spiro atoms. The number of carbonyl (C=O) groups excluding carboxylic acids is 4. The number of anilines is 2. The molecule has 224 valence electrons. The number of methoxy groups -OCH3 is 1. The highest BCUT2D eigenvalue weighted by Crippen LogP contribution is 2.34. The Morgan fingerprint density at radius 2 is 1.67 bits per heavy atom. The first-order valence-corrected chi connectivity index (χ1v) is 13.8. The fourth-order valence-electron chi connectivity index (χ4n) is 4.08. The summed E-state index contributed by atoms with van der Waals surface area (Å²) in [5.74, 6) is -0.779. The predicted octanol–water partition coefficient (Wildman–Crippen LogP) is 5.22. The van der Waals surface area contributed by atoms with Gasteiger partial charge in [0.15, 0.2) is 29.6 Å². The van der Waals surface area contributed by atoms with Crippen molar-refractivity contribution in [1.29, 1.82) is 0 Å². The third-order valence-electron chi connectivity index (χ3n) is 6.05. The summed E-state index contributed by atoms with van der Waals surface area (Å²) >= 11 is 6.08. The largest absolute Gasteiger partial charge is 0.493 e. The Morgan fingerprint density at radius 3 is 2.40 bits per heavy atom. The normalized spacial score (nSPS) is 13.9. The van der Waals surface area contributed by atoms with Crippen LogP contribution in [0.2, 0.25) is 5.02 Å². The molecule has 0 bridgehead atoms. The number of urea groups is 1. The highest BCUT2D eigenvalue weighted by molar-refractivity contribution is 6.39. The van der Waals surface area contributed by atoms with Crippen LogP contribution in [0, 0.1) is 0 Å². The van der Waals surface area contributed by atoms with Gasteiger partial charge in [0, 0.05) is 6.07 Å². The van der Waals surface area contributed by atoms with E-state index in [1.54, 1.807) is 43.3 Å². The molecule has 1 heterocycles. The highest BCUT2D eigenvalue weighted by Gasteiger charge is 2.37. The number of imide groups is 2. The lowest BCUT2D eigenvalue weighted by molar-refractivity contribution is -0.122. The number of ether oxygens (including phenoxy) is 4. The zero-order chi connectivity index (χ0) is 30.9. The molecule has 1 fully saturated rings. The van der Waals surface area contributed by atoms with Crippen LogP contribution >= 0.6 is 11.6 Å². The lowest BCUT2D eigenvalue weighted by Crippen LogP contribution is -2.54. The zero-order valence-electron chi connectivity index (χ0n) is 23.8. The number of hydrogen-bond acceptors (Lipinski definition) is 8. The van der Waals surface area contributed by atoms with Crippen molar-refractivity contribution in [1.82, 2.24) is 5.32 Å². The summed E-state index contributed by atoms with van der Waals surface area (Å²) in [6.45, 7) is 4.24. The van der Waals surface area contributed by atoms with Gasteiger partial charge in [0.25, 0.3) is 17.7 Å². The molecule has 0 radical (unpaired) electrons. The summed E-state index contributed by atoms with van der Waals surface area (Å²) < 4.78 is 22.4. The van der Waals surface area contributed by atoms with E-state index in [9.17, 15) is 19.2 Å². The van der Waals surface area contributed by atoms with Gasteiger partial charge >= 0.3 is 6.03 Å². The number of halogens is 1. The average molecular weight is 608 g/mol. The maximum atomic E-state index is 13.4. The maximum absolute atomic E-state index is 13.4. The molecule has 1 aliphatic rings. The van der Waals surface area contributed by atoms with Crippen molar-refractivity contribution < 1.29 is 38.1 Å².